The number of nitro benzene ring substituents is 1. The zero-order valence-electron chi connectivity index (χ0n) is 11.1. The van der Waals surface area contributed by atoms with E-state index >= 15 is 0 Å². The molecule has 106 valence electrons. The lowest BCUT2D eigenvalue weighted by molar-refractivity contribution is -0.384. The third-order valence-corrected chi connectivity index (χ3v) is 3.12. The van der Waals surface area contributed by atoms with Gasteiger partial charge in [0.1, 0.15) is 0 Å². The van der Waals surface area contributed by atoms with E-state index in [9.17, 15) is 20.2 Å². The zero-order valence-corrected chi connectivity index (χ0v) is 11.8. The monoisotopic (exact) mass is 296 g/mol. The van der Waals surface area contributed by atoms with Gasteiger partial charge in [-0.25, -0.2) is 0 Å². The van der Waals surface area contributed by atoms with Gasteiger partial charge in [0.15, 0.2) is 5.41 Å². The first kappa shape index (κ1) is 15.9. The van der Waals surface area contributed by atoms with Crippen LogP contribution < -0.4 is 0 Å². The Morgan fingerprint density at radius 2 is 2.25 bits per heavy atom. The SMILES string of the molecule is CCOC(=O)C(C)(C#N)Cc1ccc([N+](=O)[O-])cc1Cl. The molecule has 1 rings (SSSR count). The van der Waals surface area contributed by atoms with E-state index in [1.54, 1.807) is 6.92 Å². The Balaban J connectivity index is 3.05. The van der Waals surface area contributed by atoms with E-state index in [1.807, 2.05) is 6.07 Å². The highest BCUT2D eigenvalue weighted by Gasteiger charge is 2.36. The van der Waals surface area contributed by atoms with Gasteiger partial charge in [-0.05, 0) is 19.4 Å². The number of esters is 1. The fraction of sp³-hybridized carbons (Fsp3) is 0.385. The van der Waals surface area contributed by atoms with E-state index in [0.29, 0.717) is 5.56 Å². The third-order valence-electron chi connectivity index (χ3n) is 2.76. The summed E-state index contributed by atoms with van der Waals surface area (Å²) < 4.78 is 4.86. The Bertz CT molecular complexity index is 582. The van der Waals surface area contributed by atoms with Crippen LogP contribution in [0.3, 0.4) is 0 Å². The van der Waals surface area contributed by atoms with Crippen molar-refractivity contribution in [2.75, 3.05) is 6.61 Å². The minimum absolute atomic E-state index is 0.0269. The maximum atomic E-state index is 11.8. The Morgan fingerprint density at radius 3 is 2.70 bits per heavy atom. The van der Waals surface area contributed by atoms with Gasteiger partial charge >= 0.3 is 5.97 Å². The molecule has 1 unspecified atom stereocenters. The maximum absolute atomic E-state index is 11.8. The Hall–Kier alpha value is -2.13. The van der Waals surface area contributed by atoms with Crippen molar-refractivity contribution >= 4 is 23.3 Å². The third kappa shape index (κ3) is 3.45. The molecule has 0 aliphatic heterocycles. The van der Waals surface area contributed by atoms with Crippen molar-refractivity contribution in [3.8, 4) is 6.07 Å². The van der Waals surface area contributed by atoms with Crippen LogP contribution in [0, 0.1) is 26.9 Å². The number of nitro groups is 1. The molecule has 1 atom stereocenters. The van der Waals surface area contributed by atoms with Gasteiger partial charge in [0.2, 0.25) is 0 Å². The molecule has 0 aliphatic rings. The van der Waals surface area contributed by atoms with Crippen LogP contribution in [0.25, 0.3) is 0 Å². The van der Waals surface area contributed by atoms with Gasteiger partial charge in [-0.2, -0.15) is 5.26 Å². The highest BCUT2D eigenvalue weighted by atomic mass is 35.5. The molecular formula is C13H13ClN2O4. The molecule has 1 aromatic rings. The number of carbonyl (C=O) groups excluding carboxylic acids is 1. The second kappa shape index (κ2) is 6.35. The van der Waals surface area contributed by atoms with Gasteiger partial charge in [0.25, 0.3) is 5.69 Å². The summed E-state index contributed by atoms with van der Waals surface area (Å²) >= 11 is 5.95. The first-order valence-corrected chi connectivity index (χ1v) is 6.23. The van der Waals surface area contributed by atoms with Crippen LogP contribution >= 0.6 is 11.6 Å². The summed E-state index contributed by atoms with van der Waals surface area (Å²) in [6.45, 7) is 3.27. The molecule has 0 saturated heterocycles. The fourth-order valence-electron chi connectivity index (χ4n) is 1.62. The Labute approximate surface area is 121 Å². The predicted molar refractivity (Wildman–Crippen MR) is 72.2 cm³/mol. The first-order valence-electron chi connectivity index (χ1n) is 5.85. The fourth-order valence-corrected chi connectivity index (χ4v) is 1.86. The molecule has 0 N–H and O–H groups in total. The Morgan fingerprint density at radius 1 is 1.60 bits per heavy atom. The molecular weight excluding hydrogens is 284 g/mol. The highest BCUT2D eigenvalue weighted by molar-refractivity contribution is 6.31. The standard InChI is InChI=1S/C13H13ClN2O4/c1-3-20-12(17)13(2,8-15)7-9-4-5-10(16(18)19)6-11(9)14/h4-6H,3,7H2,1-2H3. The summed E-state index contributed by atoms with van der Waals surface area (Å²) in [4.78, 5) is 21.8. The minimum Gasteiger partial charge on any atom is -0.465 e. The number of halogens is 1. The molecule has 0 radical (unpaired) electrons. The molecule has 20 heavy (non-hydrogen) atoms. The second-order valence-corrected chi connectivity index (χ2v) is 4.78. The minimum atomic E-state index is -1.38. The maximum Gasteiger partial charge on any atom is 0.326 e. The van der Waals surface area contributed by atoms with E-state index in [0.717, 1.165) is 0 Å². The van der Waals surface area contributed by atoms with Crippen molar-refractivity contribution in [1.29, 1.82) is 5.26 Å². The molecule has 0 saturated carbocycles. The molecule has 0 heterocycles. The summed E-state index contributed by atoms with van der Waals surface area (Å²) in [7, 11) is 0. The molecule has 1 aromatic carbocycles. The normalized spacial score (nSPS) is 13.1. The topological polar surface area (TPSA) is 93.2 Å². The number of ether oxygens (including phenoxy) is 1. The van der Waals surface area contributed by atoms with Gasteiger partial charge in [0.05, 0.1) is 22.6 Å². The highest BCUT2D eigenvalue weighted by Crippen LogP contribution is 2.30. The summed E-state index contributed by atoms with van der Waals surface area (Å²) in [6, 6.07) is 5.83. The van der Waals surface area contributed by atoms with Crippen molar-refractivity contribution in [2.24, 2.45) is 5.41 Å². The molecule has 0 fully saturated rings. The average Bonchev–Trinajstić information content (AvgIpc) is 2.40. The number of nitriles is 1. The lowest BCUT2D eigenvalue weighted by Crippen LogP contribution is -2.30. The number of carbonyl (C=O) groups is 1. The summed E-state index contributed by atoms with van der Waals surface area (Å²) in [6.07, 6.45) is 0.0269. The molecule has 0 aromatic heterocycles. The van der Waals surface area contributed by atoms with Crippen LogP contribution in [0.4, 0.5) is 5.69 Å². The Kier molecular flexibility index (Phi) is 5.06. The van der Waals surface area contributed by atoms with Crippen LogP contribution in [0.2, 0.25) is 5.02 Å². The lowest BCUT2D eigenvalue weighted by atomic mass is 9.85. The second-order valence-electron chi connectivity index (χ2n) is 4.37. The van der Waals surface area contributed by atoms with Gasteiger partial charge in [-0.3, -0.25) is 14.9 Å². The van der Waals surface area contributed by atoms with Crippen LogP contribution in [0.1, 0.15) is 19.4 Å². The number of hydrogen-bond donors (Lipinski definition) is 0. The molecule has 0 aliphatic carbocycles. The number of rotatable bonds is 5. The molecule has 0 spiro atoms. The van der Waals surface area contributed by atoms with E-state index < -0.39 is 16.3 Å². The van der Waals surface area contributed by atoms with Crippen LogP contribution in [-0.2, 0) is 16.0 Å². The largest absolute Gasteiger partial charge is 0.465 e. The molecule has 0 bridgehead atoms. The zero-order chi connectivity index (χ0) is 15.3. The van der Waals surface area contributed by atoms with Crippen molar-refractivity contribution in [1.82, 2.24) is 0 Å². The van der Waals surface area contributed by atoms with Crippen LogP contribution in [0.15, 0.2) is 18.2 Å². The quantitative estimate of drug-likeness (QED) is 0.473. The van der Waals surface area contributed by atoms with E-state index in [1.165, 1.54) is 25.1 Å². The molecule has 7 heteroatoms. The lowest BCUT2D eigenvalue weighted by Gasteiger charge is -2.19. The van der Waals surface area contributed by atoms with E-state index in [4.69, 9.17) is 16.3 Å². The van der Waals surface area contributed by atoms with Crippen molar-refractivity contribution in [3.05, 3.63) is 38.9 Å². The van der Waals surface area contributed by atoms with Crippen LogP contribution in [-0.4, -0.2) is 17.5 Å². The van der Waals surface area contributed by atoms with Crippen LogP contribution in [0.5, 0.6) is 0 Å². The molecule has 6 nitrogen and oxygen atoms in total. The van der Waals surface area contributed by atoms with E-state index in [-0.39, 0.29) is 23.7 Å². The summed E-state index contributed by atoms with van der Waals surface area (Å²) in [5.74, 6) is -0.642. The number of benzene rings is 1. The summed E-state index contributed by atoms with van der Waals surface area (Å²) in [5.41, 5.74) is -1.04. The van der Waals surface area contributed by atoms with Gasteiger partial charge in [-0.1, -0.05) is 17.7 Å². The predicted octanol–water partition coefficient (Wildman–Crippen LogP) is 2.88. The van der Waals surface area contributed by atoms with Crippen molar-refractivity contribution in [2.45, 2.75) is 20.3 Å². The average molecular weight is 297 g/mol. The van der Waals surface area contributed by atoms with Crippen molar-refractivity contribution < 1.29 is 14.5 Å². The van der Waals surface area contributed by atoms with Gasteiger partial charge in [0, 0.05) is 18.6 Å². The van der Waals surface area contributed by atoms with Gasteiger partial charge in [-0.15, -0.1) is 0 Å². The van der Waals surface area contributed by atoms with E-state index in [2.05, 4.69) is 0 Å². The van der Waals surface area contributed by atoms with Gasteiger partial charge < -0.3 is 4.74 Å². The van der Waals surface area contributed by atoms with Crippen molar-refractivity contribution in [3.63, 3.8) is 0 Å². The first-order chi connectivity index (χ1) is 9.34. The molecule has 0 amide bonds. The smallest absolute Gasteiger partial charge is 0.326 e. The summed E-state index contributed by atoms with van der Waals surface area (Å²) in [5, 5.41) is 19.9. The number of non-ortho nitro benzene ring substituents is 1. The number of hydrogen-bond acceptors (Lipinski definition) is 5. The number of nitrogens with zero attached hydrogens (tertiary/aromatic N) is 2.